The number of halogens is 5. The molecule has 4 N–H and O–H groups in total. The molecule has 3 aliphatic rings. The number of hydrogen-bond acceptors (Lipinski definition) is 6. The highest BCUT2D eigenvalue weighted by molar-refractivity contribution is 9.11. The number of aromatic hydroxyl groups is 1. The molecule has 288 valence electrons. The van der Waals surface area contributed by atoms with Crippen LogP contribution in [0, 0.1) is 0 Å². The molecule has 12 nitrogen and oxygen atoms in total. The van der Waals surface area contributed by atoms with Gasteiger partial charge in [-0.2, -0.15) is 13.2 Å². The molecule has 0 bridgehead atoms. The third-order valence-electron chi connectivity index (χ3n) is 10.3. The van der Waals surface area contributed by atoms with Gasteiger partial charge in [-0.1, -0.05) is 42.5 Å². The van der Waals surface area contributed by atoms with E-state index in [0.717, 1.165) is 42.7 Å². The van der Waals surface area contributed by atoms with Gasteiger partial charge in [-0.05, 0) is 92.9 Å². The zero-order valence-electron chi connectivity index (χ0n) is 29.0. The minimum Gasteiger partial charge on any atom is -0.506 e. The van der Waals surface area contributed by atoms with E-state index in [1.807, 2.05) is 51.9 Å². The Kier molecular flexibility index (Phi) is 11.8. The maximum Gasteiger partial charge on any atom is 0.490 e. The Balaban J connectivity index is 0.000000649. The van der Waals surface area contributed by atoms with E-state index in [0.29, 0.717) is 54.3 Å². The van der Waals surface area contributed by atoms with Gasteiger partial charge in [0.1, 0.15) is 11.3 Å². The van der Waals surface area contributed by atoms with E-state index < -0.39 is 17.7 Å². The predicted octanol–water partition coefficient (Wildman–Crippen LogP) is 6.03. The van der Waals surface area contributed by atoms with Gasteiger partial charge in [-0.3, -0.25) is 14.3 Å². The van der Waals surface area contributed by atoms with Crippen LogP contribution in [0.25, 0.3) is 11.0 Å². The van der Waals surface area contributed by atoms with Crippen molar-refractivity contribution in [1.29, 1.82) is 0 Å². The summed E-state index contributed by atoms with van der Waals surface area (Å²) in [6, 6.07) is 21.5. The summed E-state index contributed by atoms with van der Waals surface area (Å²) in [6.07, 6.45) is -2.23. The zero-order chi connectivity index (χ0) is 38.8. The topological polar surface area (TPSA) is 151 Å². The number of piperazine rings is 1. The fraction of sp³-hybridized carbons (Fsp3) is 0.405. The summed E-state index contributed by atoms with van der Waals surface area (Å²) < 4.78 is 34.6. The molecule has 4 heterocycles. The Labute approximate surface area is 325 Å². The SMILES string of the molecule is O=C(N[C@]1(Cc2cc(Br)c(O)c(Br)c2)CC[C@H]2CN(Cc3ccccc3)CCN2C1=O)N1CCC(n2c(=O)[nH]c3ccccc32)CC1.O=C(O)C(F)(F)F. The van der Waals surface area contributed by atoms with Gasteiger partial charge < -0.3 is 30.3 Å². The first-order valence-corrected chi connectivity index (χ1v) is 19.0. The van der Waals surface area contributed by atoms with Crippen LogP contribution in [-0.2, 0) is 22.6 Å². The molecule has 0 spiro atoms. The van der Waals surface area contributed by atoms with E-state index in [4.69, 9.17) is 9.90 Å². The summed E-state index contributed by atoms with van der Waals surface area (Å²) in [7, 11) is 0. The molecule has 0 saturated carbocycles. The first-order chi connectivity index (χ1) is 25.6. The first-order valence-electron chi connectivity index (χ1n) is 17.5. The third kappa shape index (κ3) is 8.62. The van der Waals surface area contributed by atoms with E-state index in [9.17, 15) is 32.7 Å². The number of aromatic amines is 1. The lowest BCUT2D eigenvalue weighted by molar-refractivity contribution is -0.192. The second-order valence-corrected chi connectivity index (χ2v) is 15.6. The molecule has 3 aromatic carbocycles. The number of carbonyl (C=O) groups excluding carboxylic acids is 2. The number of phenols is 1. The van der Waals surface area contributed by atoms with Crippen LogP contribution in [-0.4, -0.2) is 103 Å². The maximum absolute atomic E-state index is 14.5. The van der Waals surface area contributed by atoms with Crippen molar-refractivity contribution in [2.45, 2.75) is 62.4 Å². The summed E-state index contributed by atoms with van der Waals surface area (Å²) >= 11 is 6.87. The molecule has 3 saturated heterocycles. The number of nitrogens with one attached hydrogen (secondary N) is 2. The Bertz CT molecular complexity index is 2050. The molecule has 0 aliphatic carbocycles. The second kappa shape index (κ2) is 16.2. The van der Waals surface area contributed by atoms with Gasteiger partial charge in [-0.15, -0.1) is 0 Å². The minimum atomic E-state index is -5.08. The molecular weight excluding hydrogens is 841 g/mol. The quantitative estimate of drug-likeness (QED) is 0.185. The number of aromatic nitrogens is 2. The lowest BCUT2D eigenvalue weighted by Gasteiger charge is -2.51. The number of nitrogens with zero attached hydrogens (tertiary/aromatic N) is 4. The molecule has 0 unspecified atom stereocenters. The number of H-pyrrole nitrogens is 1. The molecule has 17 heteroatoms. The van der Waals surface area contributed by atoms with Crippen molar-refractivity contribution in [1.82, 2.24) is 29.6 Å². The van der Waals surface area contributed by atoms with Crippen molar-refractivity contribution in [3.63, 3.8) is 0 Å². The summed E-state index contributed by atoms with van der Waals surface area (Å²) in [4.78, 5) is 59.3. The standard InChI is InChI=1S/C35H38Br2N6O4.C2HF3O2/c36-27-18-24(19-28(37)31(27)44)20-35(13-10-26-22-40(16-17-42(26)32(35)45)21-23-6-2-1-3-7-23)39-34(47)41-14-11-25(12-15-41)43-30-9-5-4-8-29(30)38-33(43)46;3-2(4,5)1(6)7/h1-9,18-19,25-26,44H,10-17,20-22H2,(H,38,46)(H,39,47);(H,6,7)/t26-,35-;/m0./s1. The number of fused-ring (bicyclic) bond motifs is 2. The smallest absolute Gasteiger partial charge is 0.490 e. The fourth-order valence-electron chi connectivity index (χ4n) is 7.65. The van der Waals surface area contributed by atoms with Crippen LogP contribution in [0.1, 0.15) is 42.9 Å². The first kappa shape index (κ1) is 39.3. The largest absolute Gasteiger partial charge is 0.506 e. The van der Waals surface area contributed by atoms with Crippen LogP contribution in [0.3, 0.4) is 0 Å². The normalized spacial score (nSPS) is 21.0. The molecule has 3 amide bonds. The Morgan fingerprint density at radius 1 is 0.889 bits per heavy atom. The van der Waals surface area contributed by atoms with Gasteiger partial charge in [0.25, 0.3) is 0 Å². The maximum atomic E-state index is 14.5. The van der Waals surface area contributed by atoms with Crippen LogP contribution in [0.2, 0.25) is 0 Å². The molecule has 7 rings (SSSR count). The van der Waals surface area contributed by atoms with Gasteiger partial charge in [0.2, 0.25) is 5.91 Å². The summed E-state index contributed by atoms with van der Waals surface area (Å²) in [5.74, 6) is -2.72. The number of carboxylic acids is 1. The number of phenolic OH excluding ortho intramolecular Hbond substituents is 1. The van der Waals surface area contributed by atoms with E-state index in [-0.39, 0.29) is 35.5 Å². The van der Waals surface area contributed by atoms with E-state index in [2.05, 4.69) is 71.3 Å². The number of likely N-dealkylation sites (tertiary alicyclic amines) is 1. The van der Waals surface area contributed by atoms with Crippen molar-refractivity contribution in [3.05, 3.63) is 97.3 Å². The van der Waals surface area contributed by atoms with Gasteiger partial charge in [0.15, 0.2) is 0 Å². The second-order valence-electron chi connectivity index (χ2n) is 13.8. The molecule has 1 aromatic heterocycles. The van der Waals surface area contributed by atoms with E-state index in [1.54, 1.807) is 4.90 Å². The van der Waals surface area contributed by atoms with Crippen LogP contribution >= 0.6 is 31.9 Å². The molecule has 3 fully saturated rings. The lowest BCUT2D eigenvalue weighted by Crippen LogP contribution is -2.70. The number of carboxylic acid groups (broad SMARTS) is 1. The van der Waals surface area contributed by atoms with Gasteiger partial charge in [0, 0.05) is 57.8 Å². The number of alkyl halides is 3. The zero-order valence-corrected chi connectivity index (χ0v) is 32.2. The Hall–Kier alpha value is -4.35. The number of urea groups is 1. The van der Waals surface area contributed by atoms with Gasteiger partial charge in [-0.25, -0.2) is 14.4 Å². The van der Waals surface area contributed by atoms with Crippen molar-refractivity contribution in [2.75, 3.05) is 32.7 Å². The highest BCUT2D eigenvalue weighted by atomic mass is 79.9. The fourth-order valence-corrected chi connectivity index (χ4v) is 8.94. The molecule has 2 atom stereocenters. The molecule has 0 radical (unpaired) electrons. The Morgan fingerprint density at radius 2 is 1.52 bits per heavy atom. The number of piperidine rings is 2. The average molecular weight is 881 g/mol. The number of para-hydroxylation sites is 2. The monoisotopic (exact) mass is 878 g/mol. The van der Waals surface area contributed by atoms with Crippen LogP contribution < -0.4 is 11.0 Å². The Morgan fingerprint density at radius 3 is 2.17 bits per heavy atom. The van der Waals surface area contributed by atoms with Crippen molar-refractivity contribution in [2.24, 2.45) is 0 Å². The number of carbonyl (C=O) groups is 3. The number of hydrogen-bond donors (Lipinski definition) is 4. The molecule has 4 aromatic rings. The van der Waals surface area contributed by atoms with E-state index in [1.165, 1.54) is 5.56 Å². The number of aliphatic carboxylic acids is 1. The third-order valence-corrected chi connectivity index (χ3v) is 11.5. The van der Waals surface area contributed by atoms with Crippen molar-refractivity contribution >= 4 is 60.8 Å². The van der Waals surface area contributed by atoms with Crippen molar-refractivity contribution in [3.8, 4) is 5.75 Å². The number of benzene rings is 3. The van der Waals surface area contributed by atoms with E-state index >= 15 is 0 Å². The lowest BCUT2D eigenvalue weighted by atomic mass is 9.79. The van der Waals surface area contributed by atoms with Crippen LogP contribution in [0.4, 0.5) is 18.0 Å². The highest BCUT2D eigenvalue weighted by Crippen LogP contribution is 2.38. The number of rotatable bonds is 6. The molecule has 3 aliphatic heterocycles. The summed E-state index contributed by atoms with van der Waals surface area (Å²) in [5, 5.41) is 20.7. The average Bonchev–Trinajstić information content (AvgIpc) is 3.48. The molecule has 54 heavy (non-hydrogen) atoms. The van der Waals surface area contributed by atoms with Crippen molar-refractivity contribution < 1.29 is 37.8 Å². The highest BCUT2D eigenvalue weighted by Gasteiger charge is 2.50. The minimum absolute atomic E-state index is 0.0207. The summed E-state index contributed by atoms with van der Waals surface area (Å²) in [5.41, 5.74) is 2.50. The van der Waals surface area contributed by atoms with Gasteiger partial charge in [0.05, 0.1) is 20.0 Å². The van der Waals surface area contributed by atoms with Crippen LogP contribution in [0.5, 0.6) is 5.75 Å². The predicted molar refractivity (Wildman–Crippen MR) is 201 cm³/mol. The molecular formula is C37H39Br2F3N6O6. The summed E-state index contributed by atoms with van der Waals surface area (Å²) in [6.45, 7) is 3.95. The van der Waals surface area contributed by atoms with Crippen LogP contribution in [0.15, 0.2) is 80.5 Å². The van der Waals surface area contributed by atoms with Gasteiger partial charge >= 0.3 is 23.9 Å². The number of amides is 3. The number of imidazole rings is 1.